The van der Waals surface area contributed by atoms with Gasteiger partial charge in [0.1, 0.15) is 5.52 Å². The first-order valence-corrected chi connectivity index (χ1v) is 12.8. The van der Waals surface area contributed by atoms with E-state index in [0.717, 1.165) is 62.7 Å². The van der Waals surface area contributed by atoms with E-state index < -0.39 is 9.84 Å². The summed E-state index contributed by atoms with van der Waals surface area (Å²) in [4.78, 5) is 19.0. The van der Waals surface area contributed by atoms with Crippen LogP contribution in [-0.2, 0) is 14.6 Å². The summed E-state index contributed by atoms with van der Waals surface area (Å²) in [6, 6.07) is 6.33. The van der Waals surface area contributed by atoms with E-state index >= 15 is 0 Å². The van der Waals surface area contributed by atoms with Crippen molar-refractivity contribution in [2.24, 2.45) is 11.3 Å². The number of carbonyl (C=O) groups is 1. The van der Waals surface area contributed by atoms with Crippen molar-refractivity contribution in [3.05, 3.63) is 23.2 Å². The fraction of sp³-hybridized carbons (Fsp3) is 0.619. The zero-order valence-corrected chi connectivity index (χ0v) is 18.3. The summed E-state index contributed by atoms with van der Waals surface area (Å²) in [5.41, 5.74) is 1.87. The van der Waals surface area contributed by atoms with Crippen molar-refractivity contribution in [3.63, 3.8) is 0 Å². The second-order valence-electron chi connectivity index (χ2n) is 9.15. The number of oxazole rings is 1. The number of piperidine rings is 1. The van der Waals surface area contributed by atoms with Crippen molar-refractivity contribution in [3.8, 4) is 0 Å². The lowest BCUT2D eigenvalue weighted by Gasteiger charge is -2.46. The molecule has 0 radical (unpaired) electrons. The standard InChI is InChI=1S/C21H26ClN3O4S/c22-15-1-2-18-17(11-15)24-20(29-18)25-9-7-21(8-10-25)5-3-16(4-6-21)23-19(26)14-12-30(27,28)13-14/h1-2,11,14,16H,3-10,12-13H2,(H,23,26). The molecule has 9 heteroatoms. The van der Waals surface area contributed by atoms with Crippen LogP contribution in [0.5, 0.6) is 0 Å². The minimum absolute atomic E-state index is 0.00730. The van der Waals surface area contributed by atoms with Gasteiger partial charge in [-0.1, -0.05) is 11.6 Å². The number of amides is 1. The molecule has 5 rings (SSSR count). The average molecular weight is 452 g/mol. The number of aromatic nitrogens is 1. The van der Waals surface area contributed by atoms with Crippen LogP contribution in [0.15, 0.2) is 22.6 Å². The van der Waals surface area contributed by atoms with Crippen LogP contribution < -0.4 is 10.2 Å². The molecule has 0 bridgehead atoms. The van der Waals surface area contributed by atoms with Crippen molar-refractivity contribution >= 4 is 44.5 Å². The summed E-state index contributed by atoms with van der Waals surface area (Å²) in [6.07, 6.45) is 6.30. The van der Waals surface area contributed by atoms with Crippen LogP contribution in [0.1, 0.15) is 38.5 Å². The van der Waals surface area contributed by atoms with Gasteiger partial charge in [0.25, 0.3) is 6.01 Å². The lowest BCUT2D eigenvalue weighted by Crippen LogP contribution is -2.51. The van der Waals surface area contributed by atoms with Crippen LogP contribution in [-0.4, -0.2) is 49.9 Å². The molecule has 1 N–H and O–H groups in total. The van der Waals surface area contributed by atoms with E-state index in [0.29, 0.717) is 16.5 Å². The number of carbonyl (C=O) groups excluding carboxylic acids is 1. The first-order valence-electron chi connectivity index (χ1n) is 10.6. The second-order valence-corrected chi connectivity index (χ2v) is 11.7. The lowest BCUT2D eigenvalue weighted by molar-refractivity contribution is -0.125. The Hall–Kier alpha value is -1.80. The summed E-state index contributed by atoms with van der Waals surface area (Å²) in [6.45, 7) is 1.83. The van der Waals surface area contributed by atoms with Crippen LogP contribution in [0, 0.1) is 11.3 Å². The lowest BCUT2D eigenvalue weighted by atomic mass is 9.67. The van der Waals surface area contributed by atoms with E-state index in [2.05, 4.69) is 15.2 Å². The monoisotopic (exact) mass is 451 g/mol. The van der Waals surface area contributed by atoms with E-state index in [9.17, 15) is 13.2 Å². The average Bonchev–Trinajstić information content (AvgIpc) is 3.11. The molecule has 3 aliphatic rings. The van der Waals surface area contributed by atoms with Gasteiger partial charge in [-0.15, -0.1) is 0 Å². The Labute approximate surface area is 181 Å². The van der Waals surface area contributed by atoms with Gasteiger partial charge in [-0.3, -0.25) is 4.79 Å². The highest BCUT2D eigenvalue weighted by Gasteiger charge is 2.42. The molecule has 162 valence electrons. The SMILES string of the molecule is O=C(NC1CCC2(CC1)CCN(c1nc3cc(Cl)ccc3o1)CC2)C1CS(=O)(=O)C1. The summed E-state index contributed by atoms with van der Waals surface area (Å²) in [5, 5.41) is 3.74. The number of rotatable bonds is 3. The van der Waals surface area contributed by atoms with Crippen molar-refractivity contribution in [2.75, 3.05) is 29.5 Å². The van der Waals surface area contributed by atoms with Crippen LogP contribution in [0.2, 0.25) is 5.02 Å². The minimum Gasteiger partial charge on any atom is -0.423 e. The van der Waals surface area contributed by atoms with Crippen molar-refractivity contribution < 1.29 is 17.6 Å². The summed E-state index contributed by atoms with van der Waals surface area (Å²) in [5.74, 6) is -0.419. The molecule has 1 saturated carbocycles. The molecular weight excluding hydrogens is 426 g/mol. The predicted molar refractivity (Wildman–Crippen MR) is 115 cm³/mol. The first kappa shape index (κ1) is 20.1. The van der Waals surface area contributed by atoms with Gasteiger partial charge in [-0.25, -0.2) is 8.42 Å². The Morgan fingerprint density at radius 3 is 2.53 bits per heavy atom. The van der Waals surface area contributed by atoms with E-state index in [-0.39, 0.29) is 29.4 Å². The zero-order chi connectivity index (χ0) is 20.9. The van der Waals surface area contributed by atoms with E-state index in [1.165, 1.54) is 0 Å². The quantitative estimate of drug-likeness (QED) is 0.770. The molecule has 2 aromatic rings. The highest BCUT2D eigenvalue weighted by Crippen LogP contribution is 2.45. The zero-order valence-electron chi connectivity index (χ0n) is 16.8. The Morgan fingerprint density at radius 1 is 1.17 bits per heavy atom. The largest absolute Gasteiger partial charge is 0.423 e. The van der Waals surface area contributed by atoms with Gasteiger partial charge in [0, 0.05) is 24.2 Å². The van der Waals surface area contributed by atoms with Gasteiger partial charge in [-0.05, 0) is 62.1 Å². The number of nitrogens with one attached hydrogen (secondary N) is 1. The van der Waals surface area contributed by atoms with Crippen LogP contribution in [0.4, 0.5) is 6.01 Å². The fourth-order valence-electron chi connectivity index (χ4n) is 5.11. The van der Waals surface area contributed by atoms with Gasteiger partial charge in [0.2, 0.25) is 5.91 Å². The first-order chi connectivity index (χ1) is 14.3. The molecule has 1 spiro atoms. The number of hydrogen-bond acceptors (Lipinski definition) is 6. The van der Waals surface area contributed by atoms with Crippen LogP contribution in [0.3, 0.4) is 0 Å². The highest BCUT2D eigenvalue weighted by molar-refractivity contribution is 7.92. The summed E-state index contributed by atoms with van der Waals surface area (Å²) in [7, 11) is -2.96. The van der Waals surface area contributed by atoms with Gasteiger partial charge in [0.05, 0.1) is 17.4 Å². The fourth-order valence-corrected chi connectivity index (χ4v) is 6.70. The maximum absolute atomic E-state index is 12.2. The normalized spacial score (nSPS) is 24.1. The van der Waals surface area contributed by atoms with Gasteiger partial charge in [-0.2, -0.15) is 4.98 Å². The molecule has 2 saturated heterocycles. The molecule has 1 aliphatic carbocycles. The number of benzene rings is 1. The molecule has 3 heterocycles. The third-order valence-corrected chi connectivity index (χ3v) is 9.16. The molecule has 1 aromatic carbocycles. The third-order valence-electron chi connectivity index (χ3n) is 7.11. The minimum atomic E-state index is -2.96. The molecule has 0 unspecified atom stereocenters. The molecule has 2 aliphatic heterocycles. The number of sulfone groups is 1. The molecule has 1 amide bonds. The molecule has 1 aromatic heterocycles. The van der Waals surface area contributed by atoms with Gasteiger partial charge in [0.15, 0.2) is 15.4 Å². The van der Waals surface area contributed by atoms with E-state index in [1.807, 2.05) is 18.2 Å². The smallest absolute Gasteiger partial charge is 0.298 e. The Balaban J connectivity index is 1.13. The Morgan fingerprint density at radius 2 is 1.87 bits per heavy atom. The molecule has 0 atom stereocenters. The summed E-state index contributed by atoms with van der Waals surface area (Å²) < 4.78 is 28.5. The van der Waals surface area contributed by atoms with Crippen molar-refractivity contribution in [1.29, 1.82) is 0 Å². The van der Waals surface area contributed by atoms with Gasteiger partial charge < -0.3 is 14.6 Å². The van der Waals surface area contributed by atoms with Crippen LogP contribution >= 0.6 is 11.6 Å². The highest BCUT2D eigenvalue weighted by atomic mass is 35.5. The molecular formula is C21H26ClN3O4S. The number of nitrogens with zero attached hydrogens (tertiary/aromatic N) is 2. The maximum Gasteiger partial charge on any atom is 0.298 e. The Kier molecular flexibility index (Phi) is 4.97. The van der Waals surface area contributed by atoms with Crippen molar-refractivity contribution in [1.82, 2.24) is 10.3 Å². The molecule has 7 nitrogen and oxygen atoms in total. The van der Waals surface area contributed by atoms with E-state index in [4.69, 9.17) is 16.0 Å². The van der Waals surface area contributed by atoms with Gasteiger partial charge >= 0.3 is 0 Å². The molecule has 3 fully saturated rings. The molecule has 30 heavy (non-hydrogen) atoms. The predicted octanol–water partition coefficient (Wildman–Crippen LogP) is 3.17. The van der Waals surface area contributed by atoms with Crippen molar-refractivity contribution in [2.45, 2.75) is 44.6 Å². The maximum atomic E-state index is 12.2. The Bertz CT molecular complexity index is 1050. The number of anilines is 1. The third kappa shape index (κ3) is 3.91. The second kappa shape index (κ2) is 7.41. The summed E-state index contributed by atoms with van der Waals surface area (Å²) >= 11 is 6.05. The number of fused-ring (bicyclic) bond motifs is 1. The topological polar surface area (TPSA) is 92.5 Å². The number of halogens is 1. The number of hydrogen-bond donors (Lipinski definition) is 1. The van der Waals surface area contributed by atoms with E-state index in [1.54, 1.807) is 0 Å². The van der Waals surface area contributed by atoms with Crippen LogP contribution in [0.25, 0.3) is 11.1 Å².